The number of piperidine rings is 1. The Hall–Kier alpha value is -2.69. The second-order valence-corrected chi connectivity index (χ2v) is 11.1. The molecule has 3 aromatic rings. The van der Waals surface area contributed by atoms with Crippen molar-refractivity contribution in [2.45, 2.75) is 49.7 Å². The highest BCUT2D eigenvalue weighted by atomic mass is 32.2. The van der Waals surface area contributed by atoms with Crippen LogP contribution in [0.25, 0.3) is 11.4 Å². The number of nitrogens with zero attached hydrogens (tertiary/aromatic N) is 4. The van der Waals surface area contributed by atoms with Crippen LogP contribution >= 0.6 is 11.8 Å². The maximum Gasteiger partial charge on any atom is 0.243 e. The fourth-order valence-electron chi connectivity index (χ4n) is 3.95. The third-order valence-electron chi connectivity index (χ3n) is 5.83. The zero-order chi connectivity index (χ0) is 24.1. The summed E-state index contributed by atoms with van der Waals surface area (Å²) < 4.78 is 29.6. The summed E-state index contributed by atoms with van der Waals surface area (Å²) in [6.07, 6.45) is 2.80. The van der Waals surface area contributed by atoms with E-state index in [1.54, 1.807) is 18.2 Å². The first-order valence-electron chi connectivity index (χ1n) is 11.4. The van der Waals surface area contributed by atoms with Crippen molar-refractivity contribution in [1.29, 1.82) is 0 Å². The molecule has 1 aliphatic heterocycles. The predicted molar refractivity (Wildman–Crippen MR) is 134 cm³/mol. The molecule has 1 saturated heterocycles. The summed E-state index contributed by atoms with van der Waals surface area (Å²) in [6.45, 7) is 5.61. The highest BCUT2D eigenvalue weighted by Crippen LogP contribution is 2.27. The highest BCUT2D eigenvalue weighted by Gasteiger charge is 2.26. The molecule has 0 atom stereocenters. The van der Waals surface area contributed by atoms with Crippen molar-refractivity contribution >= 4 is 33.4 Å². The third-order valence-corrected chi connectivity index (χ3v) is 8.69. The minimum Gasteiger partial charge on any atom is -0.325 e. The Labute approximate surface area is 204 Å². The molecule has 0 spiro atoms. The summed E-state index contributed by atoms with van der Waals surface area (Å²) in [6, 6.07) is 14.7. The van der Waals surface area contributed by atoms with E-state index in [1.807, 2.05) is 48.7 Å². The van der Waals surface area contributed by atoms with Gasteiger partial charge in [-0.05, 0) is 44.4 Å². The van der Waals surface area contributed by atoms with Crippen LogP contribution in [-0.4, -0.2) is 52.2 Å². The van der Waals surface area contributed by atoms with E-state index in [1.165, 1.54) is 16.1 Å². The van der Waals surface area contributed by atoms with Gasteiger partial charge in [-0.2, -0.15) is 4.31 Å². The molecule has 2 aromatic carbocycles. The number of carbonyl (C=O) groups is 1. The average molecular weight is 500 g/mol. The molecule has 34 heavy (non-hydrogen) atoms. The van der Waals surface area contributed by atoms with Gasteiger partial charge in [-0.25, -0.2) is 8.42 Å². The van der Waals surface area contributed by atoms with Crippen molar-refractivity contribution in [2.24, 2.45) is 0 Å². The van der Waals surface area contributed by atoms with E-state index in [2.05, 4.69) is 15.5 Å². The number of sulfonamides is 1. The molecule has 10 heteroatoms. The number of aryl methyl sites for hydroxylation is 1. The van der Waals surface area contributed by atoms with Crippen molar-refractivity contribution in [1.82, 2.24) is 19.1 Å². The number of anilines is 1. The lowest BCUT2D eigenvalue weighted by atomic mass is 10.2. The summed E-state index contributed by atoms with van der Waals surface area (Å²) in [7, 11) is -3.57. The van der Waals surface area contributed by atoms with E-state index in [0.717, 1.165) is 36.2 Å². The summed E-state index contributed by atoms with van der Waals surface area (Å²) in [5.74, 6) is 0.667. The molecule has 180 valence electrons. The maximum absolute atomic E-state index is 13.0. The van der Waals surface area contributed by atoms with Crippen molar-refractivity contribution in [3.8, 4) is 11.4 Å². The van der Waals surface area contributed by atoms with Crippen LogP contribution in [-0.2, 0) is 21.4 Å². The van der Waals surface area contributed by atoms with Crippen LogP contribution in [0, 0.1) is 6.92 Å². The van der Waals surface area contributed by atoms with Crippen molar-refractivity contribution in [3.63, 3.8) is 0 Å². The summed E-state index contributed by atoms with van der Waals surface area (Å²) in [4.78, 5) is 12.9. The Morgan fingerprint density at radius 1 is 1.06 bits per heavy atom. The molecular formula is C24H29N5O3S2. The Morgan fingerprint density at radius 3 is 2.50 bits per heavy atom. The van der Waals surface area contributed by atoms with Crippen LogP contribution in [0.5, 0.6) is 0 Å². The molecule has 2 heterocycles. The number of aromatic nitrogens is 3. The van der Waals surface area contributed by atoms with Gasteiger partial charge < -0.3 is 9.88 Å². The molecule has 1 aromatic heterocycles. The van der Waals surface area contributed by atoms with E-state index in [9.17, 15) is 13.2 Å². The molecule has 8 nitrogen and oxygen atoms in total. The van der Waals surface area contributed by atoms with Crippen molar-refractivity contribution in [2.75, 3.05) is 24.2 Å². The second kappa shape index (κ2) is 10.7. The van der Waals surface area contributed by atoms with Gasteiger partial charge in [0.25, 0.3) is 0 Å². The number of hydrogen-bond donors (Lipinski definition) is 1. The fraction of sp³-hybridized carbons (Fsp3) is 0.375. The van der Waals surface area contributed by atoms with Crippen LogP contribution in [0.4, 0.5) is 5.69 Å². The zero-order valence-corrected chi connectivity index (χ0v) is 21.0. The second-order valence-electron chi connectivity index (χ2n) is 8.19. The largest absolute Gasteiger partial charge is 0.325 e. The van der Waals surface area contributed by atoms with Crippen LogP contribution in [0.3, 0.4) is 0 Å². The van der Waals surface area contributed by atoms with Gasteiger partial charge in [0.05, 0.1) is 10.6 Å². The highest BCUT2D eigenvalue weighted by molar-refractivity contribution is 7.99. The monoisotopic (exact) mass is 499 g/mol. The molecule has 0 bridgehead atoms. The standard InChI is InChI=1S/C24H29N5O3S2/c1-3-29-23(19-10-6-4-7-11-19)26-27-24(29)33-17-22(30)25-21-16-20(13-12-18(21)2)34(31,32)28-14-8-5-9-15-28/h4,6-7,10-13,16H,3,5,8-9,14-15,17H2,1-2H3,(H,25,30). The molecule has 0 radical (unpaired) electrons. The smallest absolute Gasteiger partial charge is 0.243 e. The van der Waals surface area contributed by atoms with E-state index in [4.69, 9.17) is 0 Å². The van der Waals surface area contributed by atoms with Crippen LogP contribution in [0.2, 0.25) is 0 Å². The number of rotatable bonds is 8. The Bertz CT molecular complexity index is 1250. The molecule has 1 aliphatic rings. The Morgan fingerprint density at radius 2 is 1.79 bits per heavy atom. The minimum atomic E-state index is -3.57. The zero-order valence-electron chi connectivity index (χ0n) is 19.4. The van der Waals surface area contributed by atoms with Gasteiger partial charge in [-0.3, -0.25) is 4.79 Å². The molecule has 1 amide bonds. The summed E-state index contributed by atoms with van der Waals surface area (Å²) >= 11 is 1.30. The quantitative estimate of drug-likeness (QED) is 0.467. The van der Waals surface area contributed by atoms with Crippen LogP contribution in [0.1, 0.15) is 31.7 Å². The number of nitrogens with one attached hydrogen (secondary N) is 1. The van der Waals surface area contributed by atoms with Crippen molar-refractivity contribution in [3.05, 3.63) is 54.1 Å². The number of amides is 1. The molecule has 0 saturated carbocycles. The minimum absolute atomic E-state index is 0.134. The van der Waals surface area contributed by atoms with E-state index in [-0.39, 0.29) is 16.6 Å². The number of thioether (sulfide) groups is 1. The third kappa shape index (κ3) is 5.34. The number of carbonyl (C=O) groups excluding carboxylic acids is 1. The van der Waals surface area contributed by atoms with Gasteiger partial charge in [-0.1, -0.05) is 54.6 Å². The van der Waals surface area contributed by atoms with Gasteiger partial charge in [0.2, 0.25) is 15.9 Å². The molecule has 4 rings (SSSR count). The first-order valence-corrected chi connectivity index (χ1v) is 13.8. The van der Waals surface area contributed by atoms with Gasteiger partial charge in [0.15, 0.2) is 11.0 Å². The Kier molecular flexibility index (Phi) is 7.70. The number of benzene rings is 2. The van der Waals surface area contributed by atoms with Gasteiger partial charge in [-0.15, -0.1) is 10.2 Å². The van der Waals surface area contributed by atoms with E-state index >= 15 is 0 Å². The lowest BCUT2D eigenvalue weighted by Gasteiger charge is -2.26. The van der Waals surface area contributed by atoms with Crippen LogP contribution < -0.4 is 5.32 Å². The normalized spacial score (nSPS) is 14.8. The summed E-state index contributed by atoms with van der Waals surface area (Å²) in [5.41, 5.74) is 2.28. The molecule has 1 fully saturated rings. The van der Waals surface area contributed by atoms with E-state index in [0.29, 0.717) is 30.5 Å². The van der Waals surface area contributed by atoms with Crippen molar-refractivity contribution < 1.29 is 13.2 Å². The molecule has 1 N–H and O–H groups in total. The topological polar surface area (TPSA) is 97.2 Å². The van der Waals surface area contributed by atoms with Gasteiger partial charge in [0.1, 0.15) is 0 Å². The lowest BCUT2D eigenvalue weighted by molar-refractivity contribution is -0.113. The average Bonchev–Trinajstić information content (AvgIpc) is 3.28. The first-order chi connectivity index (χ1) is 16.4. The Balaban J connectivity index is 1.45. The predicted octanol–water partition coefficient (Wildman–Crippen LogP) is 4.18. The number of hydrogen-bond acceptors (Lipinski definition) is 6. The first kappa shape index (κ1) is 24.4. The maximum atomic E-state index is 13.0. The van der Waals surface area contributed by atoms with Gasteiger partial charge >= 0.3 is 0 Å². The molecular weight excluding hydrogens is 470 g/mol. The lowest BCUT2D eigenvalue weighted by Crippen LogP contribution is -2.35. The molecule has 0 unspecified atom stereocenters. The summed E-state index contributed by atoms with van der Waals surface area (Å²) in [5, 5.41) is 12.1. The molecule has 0 aliphatic carbocycles. The van der Waals surface area contributed by atoms with E-state index < -0.39 is 10.0 Å². The fourth-order valence-corrected chi connectivity index (χ4v) is 6.29. The van der Waals surface area contributed by atoms with Gasteiger partial charge in [0, 0.05) is 30.9 Å². The van der Waals surface area contributed by atoms with Crippen LogP contribution in [0.15, 0.2) is 58.6 Å². The SMILES string of the molecule is CCn1c(SCC(=O)Nc2cc(S(=O)(=O)N3CCCCC3)ccc2C)nnc1-c1ccccc1.